The smallest absolute Gasteiger partial charge is 0.266 e. The molecule has 6 heteroatoms. The average molecular weight is 472 g/mol. The molecule has 3 aromatic carbocycles. The molecule has 0 saturated carbocycles. The second-order valence-electron chi connectivity index (χ2n) is 5.74. The Morgan fingerprint density at radius 1 is 0.923 bits per heavy atom. The number of phenols is 1. The summed E-state index contributed by atoms with van der Waals surface area (Å²) >= 11 is 6.94. The van der Waals surface area contributed by atoms with Crippen molar-refractivity contribution in [3.63, 3.8) is 0 Å². The van der Waals surface area contributed by atoms with Gasteiger partial charge in [-0.3, -0.25) is 9.36 Å². The molecule has 0 aliphatic carbocycles. The third-order valence-electron chi connectivity index (χ3n) is 4.03. The maximum Gasteiger partial charge on any atom is 0.266 e. The molecule has 0 amide bonds. The van der Waals surface area contributed by atoms with Crippen LogP contribution >= 0.6 is 31.9 Å². The molecule has 0 radical (unpaired) electrons. The molecule has 1 heterocycles. The topological polar surface area (TPSA) is 55.1 Å². The van der Waals surface area contributed by atoms with E-state index in [1.165, 1.54) is 0 Å². The van der Waals surface area contributed by atoms with Gasteiger partial charge < -0.3 is 5.11 Å². The molecule has 0 bridgehead atoms. The monoisotopic (exact) mass is 470 g/mol. The van der Waals surface area contributed by atoms with Gasteiger partial charge in [0.05, 0.1) is 16.6 Å². The highest BCUT2D eigenvalue weighted by Crippen LogP contribution is 2.29. The van der Waals surface area contributed by atoms with Crippen LogP contribution in [0.1, 0.15) is 0 Å². The number of aromatic hydroxyl groups is 1. The van der Waals surface area contributed by atoms with Gasteiger partial charge in [0.2, 0.25) is 0 Å². The van der Waals surface area contributed by atoms with Gasteiger partial charge >= 0.3 is 0 Å². The fourth-order valence-electron chi connectivity index (χ4n) is 2.84. The van der Waals surface area contributed by atoms with Crippen molar-refractivity contribution in [2.45, 2.75) is 0 Å². The lowest BCUT2D eigenvalue weighted by Crippen LogP contribution is -2.22. The number of hydrogen-bond donors (Lipinski definition) is 1. The largest absolute Gasteiger partial charge is 0.508 e. The van der Waals surface area contributed by atoms with Crippen LogP contribution in [0.2, 0.25) is 0 Å². The van der Waals surface area contributed by atoms with Gasteiger partial charge in [-0.2, -0.15) is 0 Å². The molecule has 4 nitrogen and oxygen atoms in total. The fraction of sp³-hybridized carbons (Fsp3) is 0. The van der Waals surface area contributed by atoms with Gasteiger partial charge in [-0.15, -0.1) is 0 Å². The fourth-order valence-corrected chi connectivity index (χ4v) is 4.15. The zero-order valence-electron chi connectivity index (χ0n) is 13.4. The van der Waals surface area contributed by atoms with Gasteiger partial charge in [-0.1, -0.05) is 46.3 Å². The van der Waals surface area contributed by atoms with Crippen molar-refractivity contribution in [1.29, 1.82) is 0 Å². The van der Waals surface area contributed by atoms with E-state index in [4.69, 9.17) is 4.98 Å². The predicted octanol–water partition coefficient (Wildman–Crippen LogP) is 5.28. The molecule has 0 unspecified atom stereocenters. The van der Waals surface area contributed by atoms with Gasteiger partial charge in [0, 0.05) is 14.5 Å². The second kappa shape index (κ2) is 6.70. The van der Waals surface area contributed by atoms with E-state index in [0.717, 1.165) is 14.5 Å². The molecule has 0 fully saturated rings. The van der Waals surface area contributed by atoms with Crippen LogP contribution in [0.15, 0.2) is 80.5 Å². The van der Waals surface area contributed by atoms with Crippen molar-refractivity contribution >= 4 is 42.8 Å². The highest BCUT2D eigenvalue weighted by atomic mass is 79.9. The summed E-state index contributed by atoms with van der Waals surface area (Å²) in [5.74, 6) is 0.680. The van der Waals surface area contributed by atoms with E-state index in [0.29, 0.717) is 22.4 Å². The van der Waals surface area contributed by atoms with Crippen molar-refractivity contribution in [3.05, 3.63) is 86.0 Å². The van der Waals surface area contributed by atoms with E-state index < -0.39 is 0 Å². The SMILES string of the molecule is O=c1c2cc(Br)cc(Br)c2nc(-c2ccccc2)n1-c1ccc(O)cc1. The Hall–Kier alpha value is -2.44. The minimum atomic E-state index is -0.179. The minimum Gasteiger partial charge on any atom is -0.508 e. The first-order valence-electron chi connectivity index (χ1n) is 7.81. The number of phenolic OH excluding ortho intramolecular Hbond substituents is 1. The molecule has 1 N–H and O–H groups in total. The molecule has 0 aliphatic heterocycles. The van der Waals surface area contributed by atoms with E-state index in [-0.39, 0.29) is 11.3 Å². The standard InChI is InChI=1S/C20H12Br2N2O2/c21-13-10-16-18(17(22)11-13)23-19(12-4-2-1-3-5-12)24(20(16)26)14-6-8-15(25)9-7-14/h1-11,25H. The lowest BCUT2D eigenvalue weighted by Gasteiger charge is -2.15. The summed E-state index contributed by atoms with van der Waals surface area (Å²) in [5.41, 5.74) is 1.89. The summed E-state index contributed by atoms with van der Waals surface area (Å²) in [6.45, 7) is 0. The Morgan fingerprint density at radius 3 is 2.31 bits per heavy atom. The third-order valence-corrected chi connectivity index (χ3v) is 5.09. The summed E-state index contributed by atoms with van der Waals surface area (Å²) in [6.07, 6.45) is 0. The van der Waals surface area contributed by atoms with Crippen molar-refractivity contribution in [1.82, 2.24) is 9.55 Å². The van der Waals surface area contributed by atoms with Crippen LogP contribution in [0.25, 0.3) is 28.0 Å². The minimum absolute atomic E-state index is 0.141. The van der Waals surface area contributed by atoms with Gasteiger partial charge in [-0.05, 0) is 52.3 Å². The molecule has 0 aliphatic rings. The number of halogens is 2. The number of benzene rings is 3. The van der Waals surface area contributed by atoms with Crippen LogP contribution in [0.5, 0.6) is 5.75 Å². The van der Waals surface area contributed by atoms with Crippen LogP contribution in [0.4, 0.5) is 0 Å². The number of hydrogen-bond acceptors (Lipinski definition) is 3. The maximum absolute atomic E-state index is 13.3. The summed E-state index contributed by atoms with van der Waals surface area (Å²) in [6, 6.07) is 19.7. The van der Waals surface area contributed by atoms with Crippen molar-refractivity contribution in [2.75, 3.05) is 0 Å². The van der Waals surface area contributed by atoms with Gasteiger partial charge in [0.1, 0.15) is 11.6 Å². The summed E-state index contributed by atoms with van der Waals surface area (Å²) in [5, 5.41) is 10.1. The zero-order chi connectivity index (χ0) is 18.3. The Kier molecular flexibility index (Phi) is 4.38. The Labute approximate surface area is 166 Å². The Bertz CT molecular complexity index is 1170. The Balaban J connectivity index is 2.15. The van der Waals surface area contributed by atoms with E-state index in [1.807, 2.05) is 36.4 Å². The first-order valence-corrected chi connectivity index (χ1v) is 9.40. The number of aromatic nitrogens is 2. The van der Waals surface area contributed by atoms with Crippen LogP contribution < -0.4 is 5.56 Å². The quantitative estimate of drug-likeness (QED) is 0.432. The molecule has 0 saturated heterocycles. The van der Waals surface area contributed by atoms with Crippen LogP contribution in [-0.2, 0) is 0 Å². The zero-order valence-corrected chi connectivity index (χ0v) is 16.5. The third kappa shape index (κ3) is 2.95. The number of rotatable bonds is 2. The van der Waals surface area contributed by atoms with Gasteiger partial charge in [-0.25, -0.2) is 4.98 Å². The molecule has 128 valence electrons. The van der Waals surface area contributed by atoms with Crippen LogP contribution in [0, 0.1) is 0 Å². The molecule has 4 rings (SSSR count). The normalized spacial score (nSPS) is 11.0. The Morgan fingerprint density at radius 2 is 1.62 bits per heavy atom. The predicted molar refractivity (Wildman–Crippen MR) is 110 cm³/mol. The van der Waals surface area contributed by atoms with E-state index in [1.54, 1.807) is 34.9 Å². The van der Waals surface area contributed by atoms with E-state index in [9.17, 15) is 9.90 Å². The molecule has 26 heavy (non-hydrogen) atoms. The molecule has 0 atom stereocenters. The number of fused-ring (bicyclic) bond motifs is 1. The number of nitrogens with zero attached hydrogens (tertiary/aromatic N) is 2. The molecule has 0 spiro atoms. The van der Waals surface area contributed by atoms with Crippen molar-refractivity contribution in [3.8, 4) is 22.8 Å². The van der Waals surface area contributed by atoms with Gasteiger partial charge in [0.15, 0.2) is 0 Å². The van der Waals surface area contributed by atoms with Gasteiger partial charge in [0.25, 0.3) is 5.56 Å². The lowest BCUT2D eigenvalue weighted by molar-refractivity contribution is 0.475. The summed E-state index contributed by atoms with van der Waals surface area (Å²) < 4.78 is 3.10. The summed E-state index contributed by atoms with van der Waals surface area (Å²) in [4.78, 5) is 18.1. The summed E-state index contributed by atoms with van der Waals surface area (Å²) in [7, 11) is 0. The first-order chi connectivity index (χ1) is 12.5. The lowest BCUT2D eigenvalue weighted by atomic mass is 10.1. The second-order valence-corrected chi connectivity index (χ2v) is 7.51. The molecular weight excluding hydrogens is 460 g/mol. The van der Waals surface area contributed by atoms with E-state index >= 15 is 0 Å². The highest BCUT2D eigenvalue weighted by molar-refractivity contribution is 9.11. The van der Waals surface area contributed by atoms with Crippen LogP contribution in [-0.4, -0.2) is 14.7 Å². The molecule has 4 aromatic rings. The van der Waals surface area contributed by atoms with Crippen LogP contribution in [0.3, 0.4) is 0 Å². The first kappa shape index (κ1) is 17.0. The van der Waals surface area contributed by atoms with E-state index in [2.05, 4.69) is 31.9 Å². The highest BCUT2D eigenvalue weighted by Gasteiger charge is 2.16. The maximum atomic E-state index is 13.3. The van der Waals surface area contributed by atoms with Crippen molar-refractivity contribution in [2.24, 2.45) is 0 Å². The van der Waals surface area contributed by atoms with Crippen molar-refractivity contribution < 1.29 is 5.11 Å². The molecule has 1 aromatic heterocycles. The molecular formula is C20H12Br2N2O2. The average Bonchev–Trinajstić information content (AvgIpc) is 2.64.